The van der Waals surface area contributed by atoms with Gasteiger partial charge in [0.2, 0.25) is 5.88 Å². The van der Waals surface area contributed by atoms with E-state index in [1.165, 1.54) is 0 Å². The van der Waals surface area contributed by atoms with E-state index in [1.54, 1.807) is 19.4 Å². The second-order valence-corrected chi connectivity index (χ2v) is 4.90. The molecule has 0 radical (unpaired) electrons. The summed E-state index contributed by atoms with van der Waals surface area (Å²) in [5.41, 5.74) is 1.88. The van der Waals surface area contributed by atoms with Crippen molar-refractivity contribution in [3.8, 4) is 5.88 Å². The maximum Gasteiger partial charge on any atom is 0.212 e. The number of benzene rings is 1. The zero-order valence-corrected chi connectivity index (χ0v) is 11.6. The van der Waals surface area contributed by atoms with Gasteiger partial charge >= 0.3 is 0 Å². The van der Waals surface area contributed by atoms with Crippen LogP contribution >= 0.6 is 15.9 Å². The molecule has 0 spiro atoms. The van der Waals surface area contributed by atoms with Crippen molar-refractivity contribution in [3.05, 3.63) is 58.2 Å². The molecule has 18 heavy (non-hydrogen) atoms. The molecule has 1 atom stereocenters. The lowest BCUT2D eigenvalue weighted by Gasteiger charge is -2.11. The Kier molecular flexibility index (Phi) is 4.33. The van der Waals surface area contributed by atoms with Crippen molar-refractivity contribution in [2.24, 2.45) is 0 Å². The largest absolute Gasteiger partial charge is 0.481 e. The fourth-order valence-corrected chi connectivity index (χ4v) is 1.94. The molecule has 0 aliphatic carbocycles. The molecule has 0 saturated carbocycles. The number of methoxy groups -OCH3 is 1. The van der Waals surface area contributed by atoms with Crippen molar-refractivity contribution >= 4 is 15.9 Å². The van der Waals surface area contributed by atoms with Gasteiger partial charge in [-0.25, -0.2) is 4.98 Å². The number of hydrogen-bond acceptors (Lipinski definition) is 3. The lowest BCUT2D eigenvalue weighted by Crippen LogP contribution is -2.02. The van der Waals surface area contributed by atoms with Gasteiger partial charge in [-0.15, -0.1) is 0 Å². The van der Waals surface area contributed by atoms with Gasteiger partial charge in [-0.2, -0.15) is 0 Å². The first-order valence-electron chi connectivity index (χ1n) is 5.61. The minimum Gasteiger partial charge on any atom is -0.481 e. The van der Waals surface area contributed by atoms with Crippen molar-refractivity contribution in [2.75, 3.05) is 7.11 Å². The van der Waals surface area contributed by atoms with Gasteiger partial charge in [-0.1, -0.05) is 28.1 Å². The van der Waals surface area contributed by atoms with Gasteiger partial charge in [-0.05, 0) is 29.3 Å². The third-order valence-corrected chi connectivity index (χ3v) is 3.22. The van der Waals surface area contributed by atoms with Crippen LogP contribution in [0.2, 0.25) is 0 Å². The molecule has 0 amide bonds. The van der Waals surface area contributed by atoms with Gasteiger partial charge < -0.3 is 9.84 Å². The molecular weight excluding hydrogens is 294 g/mol. The molecule has 0 bridgehead atoms. The summed E-state index contributed by atoms with van der Waals surface area (Å²) < 4.78 is 6.02. The summed E-state index contributed by atoms with van der Waals surface area (Å²) >= 11 is 3.39. The molecule has 0 saturated heterocycles. The predicted molar refractivity (Wildman–Crippen MR) is 73.6 cm³/mol. The fourth-order valence-electron chi connectivity index (χ4n) is 1.67. The highest BCUT2D eigenvalue weighted by Crippen LogP contribution is 2.20. The standard InChI is InChI=1S/C14H14BrNO2/c1-18-14-7-4-11(9-16-14)13(17)8-10-2-5-12(15)6-3-10/h2-7,9,13,17H,8H2,1H3. The van der Waals surface area contributed by atoms with Gasteiger partial charge in [0.25, 0.3) is 0 Å². The SMILES string of the molecule is COc1ccc(C(O)Cc2ccc(Br)cc2)cn1. The van der Waals surface area contributed by atoms with E-state index < -0.39 is 6.10 Å². The van der Waals surface area contributed by atoms with Crippen molar-refractivity contribution < 1.29 is 9.84 Å². The Morgan fingerprint density at radius 2 is 1.94 bits per heavy atom. The van der Waals surface area contributed by atoms with Crippen molar-refractivity contribution in [3.63, 3.8) is 0 Å². The summed E-state index contributed by atoms with van der Waals surface area (Å²) in [5.74, 6) is 0.551. The molecule has 4 heteroatoms. The first-order valence-corrected chi connectivity index (χ1v) is 6.41. The zero-order chi connectivity index (χ0) is 13.0. The topological polar surface area (TPSA) is 42.4 Å². The number of aliphatic hydroxyl groups is 1. The smallest absolute Gasteiger partial charge is 0.212 e. The fraction of sp³-hybridized carbons (Fsp3) is 0.214. The minimum atomic E-state index is -0.551. The third-order valence-electron chi connectivity index (χ3n) is 2.70. The number of aromatic nitrogens is 1. The Morgan fingerprint density at radius 3 is 2.50 bits per heavy atom. The summed E-state index contributed by atoms with van der Waals surface area (Å²) in [5, 5.41) is 10.1. The molecule has 1 N–H and O–H groups in total. The molecule has 2 aromatic rings. The van der Waals surface area contributed by atoms with Crippen LogP contribution in [0.15, 0.2) is 47.1 Å². The lowest BCUT2D eigenvalue weighted by molar-refractivity contribution is 0.178. The molecule has 2 rings (SSSR count). The predicted octanol–water partition coefficient (Wildman–Crippen LogP) is 3.13. The molecule has 94 valence electrons. The molecule has 1 unspecified atom stereocenters. The number of aliphatic hydroxyl groups excluding tert-OH is 1. The van der Waals surface area contributed by atoms with Crippen LogP contribution in [0.4, 0.5) is 0 Å². The summed E-state index contributed by atoms with van der Waals surface area (Å²) in [6, 6.07) is 11.5. The van der Waals surface area contributed by atoms with Gasteiger partial charge in [0, 0.05) is 23.2 Å². The van der Waals surface area contributed by atoms with Gasteiger partial charge in [-0.3, -0.25) is 0 Å². The Balaban J connectivity index is 2.06. The van der Waals surface area contributed by atoms with Crippen LogP contribution in [0.3, 0.4) is 0 Å². The average molecular weight is 308 g/mol. The van der Waals surface area contributed by atoms with Crippen molar-refractivity contribution in [2.45, 2.75) is 12.5 Å². The van der Waals surface area contributed by atoms with Crippen LogP contribution in [-0.2, 0) is 6.42 Å². The molecule has 0 fully saturated rings. The first-order chi connectivity index (χ1) is 8.69. The minimum absolute atomic E-state index is 0.551. The maximum absolute atomic E-state index is 10.1. The highest BCUT2D eigenvalue weighted by Gasteiger charge is 2.09. The van der Waals surface area contributed by atoms with Crippen LogP contribution in [0.1, 0.15) is 17.2 Å². The Morgan fingerprint density at radius 1 is 1.22 bits per heavy atom. The van der Waals surface area contributed by atoms with E-state index in [0.29, 0.717) is 12.3 Å². The first kappa shape index (κ1) is 13.1. The number of rotatable bonds is 4. The van der Waals surface area contributed by atoms with Crippen LogP contribution < -0.4 is 4.74 Å². The monoisotopic (exact) mass is 307 g/mol. The normalized spacial score (nSPS) is 12.2. The van der Waals surface area contributed by atoms with E-state index in [1.807, 2.05) is 30.3 Å². The number of halogens is 1. The van der Waals surface area contributed by atoms with Gasteiger partial charge in [0.15, 0.2) is 0 Å². The molecule has 1 aromatic carbocycles. The van der Waals surface area contributed by atoms with Gasteiger partial charge in [0.05, 0.1) is 13.2 Å². The van der Waals surface area contributed by atoms with Crippen molar-refractivity contribution in [1.82, 2.24) is 4.98 Å². The highest BCUT2D eigenvalue weighted by atomic mass is 79.9. The summed E-state index contributed by atoms with van der Waals surface area (Å²) in [4.78, 5) is 4.08. The van der Waals surface area contributed by atoms with Crippen LogP contribution in [-0.4, -0.2) is 17.2 Å². The van der Waals surface area contributed by atoms with Crippen LogP contribution in [0, 0.1) is 0 Å². The molecule has 0 aliphatic rings. The molecule has 1 aromatic heterocycles. The number of pyridine rings is 1. The van der Waals surface area contributed by atoms with E-state index in [4.69, 9.17) is 4.74 Å². The van der Waals surface area contributed by atoms with E-state index in [-0.39, 0.29) is 0 Å². The maximum atomic E-state index is 10.1. The highest BCUT2D eigenvalue weighted by molar-refractivity contribution is 9.10. The number of nitrogens with zero attached hydrogens (tertiary/aromatic N) is 1. The Bertz CT molecular complexity index is 496. The molecule has 0 aliphatic heterocycles. The summed E-state index contributed by atoms with van der Waals surface area (Å²) in [7, 11) is 1.57. The number of hydrogen-bond donors (Lipinski definition) is 1. The van der Waals surface area contributed by atoms with E-state index in [2.05, 4.69) is 20.9 Å². The Labute approximate surface area is 115 Å². The second kappa shape index (κ2) is 5.98. The molecule has 1 heterocycles. The second-order valence-electron chi connectivity index (χ2n) is 3.98. The average Bonchev–Trinajstić information content (AvgIpc) is 2.41. The van der Waals surface area contributed by atoms with E-state index in [0.717, 1.165) is 15.6 Å². The summed E-state index contributed by atoms with van der Waals surface area (Å²) in [6.07, 6.45) is 1.66. The van der Waals surface area contributed by atoms with E-state index >= 15 is 0 Å². The van der Waals surface area contributed by atoms with Crippen LogP contribution in [0.25, 0.3) is 0 Å². The van der Waals surface area contributed by atoms with Gasteiger partial charge in [0.1, 0.15) is 0 Å². The van der Waals surface area contributed by atoms with Crippen molar-refractivity contribution in [1.29, 1.82) is 0 Å². The Hall–Kier alpha value is -1.39. The quantitative estimate of drug-likeness (QED) is 0.943. The summed E-state index contributed by atoms with van der Waals surface area (Å²) in [6.45, 7) is 0. The number of ether oxygens (including phenoxy) is 1. The zero-order valence-electron chi connectivity index (χ0n) is 10.0. The van der Waals surface area contributed by atoms with Crippen LogP contribution in [0.5, 0.6) is 5.88 Å². The van der Waals surface area contributed by atoms with E-state index in [9.17, 15) is 5.11 Å². The lowest BCUT2D eigenvalue weighted by atomic mass is 10.0. The molecular formula is C14H14BrNO2. The third kappa shape index (κ3) is 3.31. The molecule has 3 nitrogen and oxygen atoms in total.